The number of hydrogen-bond donors (Lipinski definition) is 1. The van der Waals surface area contributed by atoms with Gasteiger partial charge >= 0.3 is 0 Å². The van der Waals surface area contributed by atoms with Crippen LogP contribution in [-0.4, -0.2) is 9.78 Å². The van der Waals surface area contributed by atoms with Gasteiger partial charge in [0.05, 0.1) is 5.69 Å². The number of aromatic amines is 1. The molecule has 0 bridgehead atoms. The minimum atomic E-state index is -0.0125. The molecule has 14 heavy (non-hydrogen) atoms. The van der Waals surface area contributed by atoms with Crippen molar-refractivity contribution < 1.29 is 0 Å². The Morgan fingerprint density at radius 1 is 1.29 bits per heavy atom. The minimum Gasteiger partial charge on any atom is -0.295 e. The van der Waals surface area contributed by atoms with Gasteiger partial charge < -0.3 is 0 Å². The van der Waals surface area contributed by atoms with E-state index in [1.165, 1.54) is 10.2 Å². The van der Waals surface area contributed by atoms with Crippen molar-refractivity contribution in [1.82, 2.24) is 9.78 Å². The van der Waals surface area contributed by atoms with Crippen LogP contribution in [0.3, 0.4) is 0 Å². The molecule has 1 N–H and O–H groups in total. The van der Waals surface area contributed by atoms with Crippen LogP contribution in [0.4, 0.5) is 0 Å². The first kappa shape index (κ1) is 8.81. The fourth-order valence-corrected chi connectivity index (χ4v) is 1.45. The molecule has 0 radical (unpaired) electrons. The first-order valence-corrected chi connectivity index (χ1v) is 4.50. The number of benzene rings is 1. The van der Waals surface area contributed by atoms with Crippen molar-refractivity contribution in [1.29, 1.82) is 0 Å². The van der Waals surface area contributed by atoms with E-state index < -0.39 is 0 Å². The van der Waals surface area contributed by atoms with E-state index in [0.717, 1.165) is 11.3 Å². The van der Waals surface area contributed by atoms with E-state index in [1.54, 1.807) is 13.1 Å². The zero-order valence-corrected chi connectivity index (χ0v) is 8.24. The lowest BCUT2D eigenvalue weighted by molar-refractivity contribution is 0.742. The molecule has 1 aromatic heterocycles. The second kappa shape index (κ2) is 3.18. The summed E-state index contributed by atoms with van der Waals surface area (Å²) in [5.74, 6) is 0. The predicted molar refractivity (Wildman–Crippen MR) is 56.2 cm³/mol. The molecule has 0 amide bonds. The molecule has 1 heterocycles. The van der Waals surface area contributed by atoms with Crippen molar-refractivity contribution in [2.24, 2.45) is 7.05 Å². The Labute approximate surface area is 82.0 Å². The average Bonchev–Trinajstić information content (AvgIpc) is 2.47. The molecule has 2 aromatic rings. The van der Waals surface area contributed by atoms with Gasteiger partial charge in [0, 0.05) is 13.1 Å². The molecule has 0 aliphatic carbocycles. The summed E-state index contributed by atoms with van der Waals surface area (Å²) in [5.41, 5.74) is 3.08. The maximum absolute atomic E-state index is 11.2. The van der Waals surface area contributed by atoms with Crippen LogP contribution in [0.2, 0.25) is 0 Å². The number of aryl methyl sites for hydroxylation is 2. The third-order valence-electron chi connectivity index (χ3n) is 2.22. The minimum absolute atomic E-state index is 0.0125. The van der Waals surface area contributed by atoms with Gasteiger partial charge in [-0.3, -0.25) is 14.6 Å². The first-order valence-electron chi connectivity index (χ1n) is 4.50. The quantitative estimate of drug-likeness (QED) is 0.726. The summed E-state index contributed by atoms with van der Waals surface area (Å²) >= 11 is 0. The molecular weight excluding hydrogens is 176 g/mol. The smallest absolute Gasteiger partial charge is 0.266 e. The molecule has 72 valence electrons. The van der Waals surface area contributed by atoms with Crippen molar-refractivity contribution in [3.63, 3.8) is 0 Å². The van der Waals surface area contributed by atoms with Crippen molar-refractivity contribution in [3.05, 3.63) is 46.2 Å². The number of hydrogen-bond acceptors (Lipinski definition) is 1. The third-order valence-corrected chi connectivity index (χ3v) is 2.22. The van der Waals surface area contributed by atoms with E-state index in [4.69, 9.17) is 0 Å². The van der Waals surface area contributed by atoms with Crippen LogP contribution in [-0.2, 0) is 7.05 Å². The normalized spacial score (nSPS) is 10.4. The summed E-state index contributed by atoms with van der Waals surface area (Å²) in [6.45, 7) is 2.03. The maximum Gasteiger partial charge on any atom is 0.266 e. The van der Waals surface area contributed by atoms with Gasteiger partial charge in [-0.2, -0.15) is 0 Å². The monoisotopic (exact) mass is 188 g/mol. The Kier molecular flexibility index (Phi) is 2.00. The molecule has 3 nitrogen and oxygen atoms in total. The van der Waals surface area contributed by atoms with E-state index in [9.17, 15) is 4.79 Å². The molecule has 1 aromatic carbocycles. The van der Waals surface area contributed by atoms with Gasteiger partial charge in [0.25, 0.3) is 5.56 Å². The summed E-state index contributed by atoms with van der Waals surface area (Å²) in [6, 6.07) is 9.65. The Bertz CT molecular complexity index is 508. The highest BCUT2D eigenvalue weighted by Crippen LogP contribution is 2.15. The maximum atomic E-state index is 11.2. The molecular formula is C11H12N2O. The van der Waals surface area contributed by atoms with Crippen LogP contribution in [0.5, 0.6) is 0 Å². The molecule has 0 saturated carbocycles. The Hall–Kier alpha value is -1.77. The molecule has 0 fully saturated rings. The second-order valence-corrected chi connectivity index (χ2v) is 3.44. The molecule has 0 atom stereocenters. The summed E-state index contributed by atoms with van der Waals surface area (Å²) in [7, 11) is 1.71. The van der Waals surface area contributed by atoms with Crippen LogP contribution in [0.1, 0.15) is 5.56 Å². The van der Waals surface area contributed by atoms with E-state index in [2.05, 4.69) is 5.10 Å². The number of rotatable bonds is 1. The first-order chi connectivity index (χ1) is 6.66. The van der Waals surface area contributed by atoms with E-state index in [1.807, 2.05) is 31.2 Å². The number of H-pyrrole nitrogens is 1. The van der Waals surface area contributed by atoms with Crippen molar-refractivity contribution in [2.75, 3.05) is 0 Å². The molecule has 0 spiro atoms. The number of nitrogens with one attached hydrogen (secondary N) is 1. The third kappa shape index (κ3) is 1.48. The van der Waals surface area contributed by atoms with Crippen molar-refractivity contribution in [2.45, 2.75) is 6.92 Å². The zero-order chi connectivity index (χ0) is 10.1. The van der Waals surface area contributed by atoms with Crippen LogP contribution in [0.15, 0.2) is 35.1 Å². The average molecular weight is 188 g/mol. The van der Waals surface area contributed by atoms with Gasteiger partial charge in [0.2, 0.25) is 0 Å². The number of aromatic nitrogens is 2. The van der Waals surface area contributed by atoms with Crippen molar-refractivity contribution >= 4 is 0 Å². The topological polar surface area (TPSA) is 37.8 Å². The van der Waals surface area contributed by atoms with E-state index >= 15 is 0 Å². The highest BCUT2D eigenvalue weighted by molar-refractivity contribution is 5.59. The van der Waals surface area contributed by atoms with Crippen LogP contribution in [0, 0.1) is 6.92 Å². The SMILES string of the molecule is Cc1cccc(-c2cc(=O)n(C)[nH]2)c1. The molecule has 0 unspecified atom stereocenters. The molecule has 0 aliphatic rings. The Morgan fingerprint density at radius 2 is 2.07 bits per heavy atom. The van der Waals surface area contributed by atoms with Crippen molar-refractivity contribution in [3.8, 4) is 11.3 Å². The summed E-state index contributed by atoms with van der Waals surface area (Å²) in [4.78, 5) is 11.2. The van der Waals surface area contributed by atoms with Crippen LogP contribution >= 0.6 is 0 Å². The van der Waals surface area contributed by atoms with Gasteiger partial charge in [-0.15, -0.1) is 0 Å². The lowest BCUT2D eigenvalue weighted by Crippen LogP contribution is -2.09. The fraction of sp³-hybridized carbons (Fsp3) is 0.182. The standard InChI is InChI=1S/C11H12N2O/c1-8-4-3-5-9(6-8)10-7-11(14)13(2)12-10/h3-7,12H,1-2H3. The Morgan fingerprint density at radius 3 is 2.64 bits per heavy atom. The molecule has 2 rings (SSSR count). The highest BCUT2D eigenvalue weighted by Gasteiger charge is 2.01. The fourth-order valence-electron chi connectivity index (χ4n) is 1.45. The van der Waals surface area contributed by atoms with Gasteiger partial charge in [-0.25, -0.2) is 0 Å². The highest BCUT2D eigenvalue weighted by atomic mass is 16.1. The van der Waals surface area contributed by atoms with Gasteiger partial charge in [0.15, 0.2) is 0 Å². The number of nitrogens with zero attached hydrogens (tertiary/aromatic N) is 1. The second-order valence-electron chi connectivity index (χ2n) is 3.44. The zero-order valence-electron chi connectivity index (χ0n) is 8.24. The summed E-state index contributed by atoms with van der Waals surface area (Å²) in [5, 5.41) is 2.99. The lowest BCUT2D eigenvalue weighted by atomic mass is 10.1. The van der Waals surface area contributed by atoms with Gasteiger partial charge in [0.1, 0.15) is 0 Å². The largest absolute Gasteiger partial charge is 0.295 e. The molecule has 0 aliphatic heterocycles. The van der Waals surface area contributed by atoms with E-state index in [0.29, 0.717) is 0 Å². The van der Waals surface area contributed by atoms with E-state index in [-0.39, 0.29) is 5.56 Å². The van der Waals surface area contributed by atoms with Crippen LogP contribution < -0.4 is 5.56 Å². The molecule has 0 saturated heterocycles. The van der Waals surface area contributed by atoms with Crippen LogP contribution in [0.25, 0.3) is 11.3 Å². The summed E-state index contributed by atoms with van der Waals surface area (Å²) < 4.78 is 1.47. The Balaban J connectivity index is 2.54. The molecule has 3 heteroatoms. The predicted octanol–water partition coefficient (Wildman–Crippen LogP) is 1.69. The van der Waals surface area contributed by atoms with Gasteiger partial charge in [-0.1, -0.05) is 23.8 Å². The lowest BCUT2D eigenvalue weighted by Gasteiger charge is -1.98. The van der Waals surface area contributed by atoms with Gasteiger partial charge in [-0.05, 0) is 18.6 Å². The summed E-state index contributed by atoms with van der Waals surface area (Å²) in [6.07, 6.45) is 0.